The fraction of sp³-hybridized carbons (Fsp3) is 0.750. The van der Waals surface area contributed by atoms with Crippen LogP contribution in [-0.2, 0) is 14.3 Å². The van der Waals surface area contributed by atoms with Gasteiger partial charge in [0.25, 0.3) is 0 Å². The van der Waals surface area contributed by atoms with E-state index < -0.39 is 30.3 Å². The van der Waals surface area contributed by atoms with Crippen molar-refractivity contribution in [3.05, 3.63) is 34.4 Å². The molecule has 0 unspecified atom stereocenters. The largest absolute Gasteiger partial charge is 0.478 e. The van der Waals surface area contributed by atoms with Crippen LogP contribution < -0.4 is 0 Å². The van der Waals surface area contributed by atoms with Crippen LogP contribution in [0, 0.1) is 34.0 Å². The third kappa shape index (κ3) is 4.40. The maximum Gasteiger partial charge on any atom is 0.331 e. The molecule has 6 nitrogen and oxygen atoms in total. The first-order valence-electron chi connectivity index (χ1n) is 14.5. The second-order valence-corrected chi connectivity index (χ2v) is 13.5. The summed E-state index contributed by atoms with van der Waals surface area (Å²) in [6.45, 7) is 14.3. The summed E-state index contributed by atoms with van der Waals surface area (Å²) >= 11 is 0. The van der Waals surface area contributed by atoms with Crippen molar-refractivity contribution in [1.29, 1.82) is 0 Å². The van der Waals surface area contributed by atoms with Crippen LogP contribution in [0.5, 0.6) is 0 Å². The van der Waals surface area contributed by atoms with Gasteiger partial charge in [0, 0.05) is 12.5 Å². The molecule has 0 radical (unpaired) electrons. The summed E-state index contributed by atoms with van der Waals surface area (Å²) in [5.41, 5.74) is 2.54. The van der Waals surface area contributed by atoms with Crippen LogP contribution in [0.1, 0.15) is 99.8 Å². The van der Waals surface area contributed by atoms with E-state index in [2.05, 4.69) is 26.8 Å². The lowest BCUT2D eigenvalue weighted by molar-refractivity contribution is -0.215. The molecule has 0 aliphatic heterocycles. The van der Waals surface area contributed by atoms with Crippen LogP contribution in [0.3, 0.4) is 0 Å². The zero-order valence-corrected chi connectivity index (χ0v) is 24.3. The molecule has 3 N–H and O–H groups in total. The molecule has 4 fully saturated rings. The molecule has 0 amide bonds. The molecular formula is C32H48O6. The summed E-state index contributed by atoms with van der Waals surface area (Å²) in [5, 5.41) is 33.1. The minimum Gasteiger partial charge on any atom is -0.478 e. The molecule has 0 bridgehead atoms. The number of carbonyl (C=O) groups is 2. The number of esters is 1. The molecular weight excluding hydrogens is 480 g/mol. The number of hydrogen-bond donors (Lipinski definition) is 3. The number of fused-ring (bicyclic) bond motifs is 5. The second-order valence-electron chi connectivity index (χ2n) is 13.5. The van der Waals surface area contributed by atoms with Crippen molar-refractivity contribution in [2.24, 2.45) is 34.0 Å². The molecule has 0 aromatic carbocycles. The van der Waals surface area contributed by atoms with E-state index in [0.29, 0.717) is 37.7 Å². The SMILES string of the molecule is CC=C1[C@H](O)CC[C@@]2(C)[C@H]1CC[C@@]1(C)[C@H]2[C@H](O)C[C@H]2/C(=C(\CCC=C(C)C)C(=O)O)[C@@H](OC(C)=O)C[C@@]21C. The van der Waals surface area contributed by atoms with Crippen molar-refractivity contribution in [3.63, 3.8) is 0 Å². The van der Waals surface area contributed by atoms with Gasteiger partial charge in [0.1, 0.15) is 6.10 Å². The Labute approximate surface area is 228 Å². The van der Waals surface area contributed by atoms with Crippen LogP contribution in [0.4, 0.5) is 0 Å². The number of ether oxygens (including phenoxy) is 1. The quantitative estimate of drug-likeness (QED) is 0.231. The molecule has 0 saturated heterocycles. The minimum absolute atomic E-state index is 0.00808. The van der Waals surface area contributed by atoms with Crippen molar-refractivity contribution < 1.29 is 29.6 Å². The number of carboxylic acids is 1. The van der Waals surface area contributed by atoms with E-state index in [1.54, 1.807) is 0 Å². The molecule has 4 rings (SSSR count). The normalized spacial score (nSPS) is 44.5. The van der Waals surface area contributed by atoms with E-state index >= 15 is 0 Å². The van der Waals surface area contributed by atoms with Gasteiger partial charge in [-0.2, -0.15) is 0 Å². The van der Waals surface area contributed by atoms with Crippen LogP contribution in [0.25, 0.3) is 0 Å². The highest BCUT2D eigenvalue weighted by molar-refractivity contribution is 5.88. The lowest BCUT2D eigenvalue weighted by Crippen LogP contribution is -2.64. The maximum atomic E-state index is 12.6. The first-order chi connectivity index (χ1) is 17.7. The fourth-order valence-corrected chi connectivity index (χ4v) is 9.69. The van der Waals surface area contributed by atoms with E-state index in [1.165, 1.54) is 6.92 Å². The monoisotopic (exact) mass is 528 g/mol. The van der Waals surface area contributed by atoms with Gasteiger partial charge >= 0.3 is 11.9 Å². The lowest BCUT2D eigenvalue weighted by Gasteiger charge is -2.68. The smallest absolute Gasteiger partial charge is 0.331 e. The van der Waals surface area contributed by atoms with Crippen molar-refractivity contribution in [3.8, 4) is 0 Å². The van der Waals surface area contributed by atoms with Crippen LogP contribution in [0.15, 0.2) is 34.4 Å². The summed E-state index contributed by atoms with van der Waals surface area (Å²) in [7, 11) is 0. The van der Waals surface area contributed by atoms with Gasteiger partial charge in [-0.15, -0.1) is 0 Å². The van der Waals surface area contributed by atoms with Crippen molar-refractivity contribution in [1.82, 2.24) is 0 Å². The second kappa shape index (κ2) is 10.2. The van der Waals surface area contributed by atoms with Crippen molar-refractivity contribution >= 4 is 11.9 Å². The zero-order chi connectivity index (χ0) is 28.2. The highest BCUT2D eigenvalue weighted by Gasteiger charge is 2.70. The van der Waals surface area contributed by atoms with Gasteiger partial charge in [-0.25, -0.2) is 4.79 Å². The van der Waals surface area contributed by atoms with Gasteiger partial charge < -0.3 is 20.1 Å². The summed E-state index contributed by atoms with van der Waals surface area (Å²) in [6, 6.07) is 0. The molecule has 9 atom stereocenters. The molecule has 0 aromatic heterocycles. The number of carboxylic acid groups (broad SMARTS) is 1. The standard InChI is InChI=1S/C32H48O6/c1-8-20-22-12-15-31(6)28(30(22,5)14-13-24(20)34)25(35)16-23-27(21(29(36)37)11-9-10-18(2)3)26(38-19(4)33)17-32(23,31)7/h8,10,22-26,28,34-35H,9,11-17H2,1-7H3,(H,36,37)/b20-8?,27-21-/t22-,23-,24+,25+,26-,28-,30-,31-,32-/m0/s1. The Morgan fingerprint density at radius 1 is 1.03 bits per heavy atom. The van der Waals surface area contributed by atoms with E-state index in [1.807, 2.05) is 26.8 Å². The highest BCUT2D eigenvalue weighted by Crippen LogP contribution is 2.74. The lowest BCUT2D eigenvalue weighted by atomic mass is 9.37. The zero-order valence-electron chi connectivity index (χ0n) is 24.3. The van der Waals surface area contributed by atoms with E-state index in [9.17, 15) is 24.9 Å². The van der Waals surface area contributed by atoms with Crippen LogP contribution >= 0.6 is 0 Å². The fourth-order valence-electron chi connectivity index (χ4n) is 9.69. The molecule has 4 aliphatic rings. The summed E-state index contributed by atoms with van der Waals surface area (Å²) in [5.74, 6) is -1.30. The number of carbonyl (C=O) groups excluding carboxylic acids is 1. The van der Waals surface area contributed by atoms with Gasteiger partial charge in [0.05, 0.1) is 12.2 Å². The number of aliphatic carboxylic acids is 1. The van der Waals surface area contributed by atoms with Crippen LogP contribution in [-0.4, -0.2) is 45.6 Å². The van der Waals surface area contributed by atoms with E-state index in [-0.39, 0.29) is 34.0 Å². The number of aliphatic hydroxyl groups is 2. The summed E-state index contributed by atoms with van der Waals surface area (Å²) < 4.78 is 5.88. The third-order valence-electron chi connectivity index (χ3n) is 11.4. The Hall–Kier alpha value is -1.92. The summed E-state index contributed by atoms with van der Waals surface area (Å²) in [6.07, 6.45) is 7.91. The minimum atomic E-state index is -0.958. The number of hydrogen-bond acceptors (Lipinski definition) is 5. The Morgan fingerprint density at radius 2 is 1.71 bits per heavy atom. The van der Waals surface area contributed by atoms with E-state index in [4.69, 9.17) is 4.74 Å². The molecule has 4 aliphatic carbocycles. The highest BCUT2D eigenvalue weighted by atomic mass is 16.5. The van der Waals surface area contributed by atoms with Gasteiger partial charge in [-0.1, -0.05) is 38.5 Å². The Bertz CT molecular complexity index is 1070. The average molecular weight is 529 g/mol. The number of rotatable bonds is 5. The number of aliphatic hydroxyl groups excluding tert-OH is 2. The van der Waals surface area contributed by atoms with Crippen LogP contribution in [0.2, 0.25) is 0 Å². The first-order valence-corrected chi connectivity index (χ1v) is 14.5. The Kier molecular flexibility index (Phi) is 7.83. The predicted octanol–water partition coefficient (Wildman–Crippen LogP) is 5.98. The molecule has 4 saturated carbocycles. The average Bonchev–Trinajstić information content (AvgIpc) is 3.08. The topological polar surface area (TPSA) is 104 Å². The molecule has 6 heteroatoms. The van der Waals surface area contributed by atoms with Gasteiger partial charge in [0.15, 0.2) is 0 Å². The predicted molar refractivity (Wildman–Crippen MR) is 147 cm³/mol. The van der Waals surface area contributed by atoms with Gasteiger partial charge in [-0.3, -0.25) is 4.79 Å². The molecule has 0 heterocycles. The maximum absolute atomic E-state index is 12.6. The molecule has 0 aromatic rings. The molecule has 212 valence electrons. The van der Waals surface area contributed by atoms with Gasteiger partial charge in [0.2, 0.25) is 0 Å². The summed E-state index contributed by atoms with van der Waals surface area (Å²) in [4.78, 5) is 24.9. The van der Waals surface area contributed by atoms with Gasteiger partial charge in [-0.05, 0) is 117 Å². The third-order valence-corrected chi connectivity index (χ3v) is 11.4. The van der Waals surface area contributed by atoms with Crippen molar-refractivity contribution in [2.75, 3.05) is 0 Å². The number of allylic oxidation sites excluding steroid dienone is 3. The molecule has 38 heavy (non-hydrogen) atoms. The van der Waals surface area contributed by atoms with Crippen molar-refractivity contribution in [2.45, 2.75) is 118 Å². The Balaban J connectivity index is 1.83. The Morgan fingerprint density at radius 3 is 2.29 bits per heavy atom. The van der Waals surface area contributed by atoms with E-state index in [0.717, 1.165) is 36.0 Å². The molecule has 0 spiro atoms. The first kappa shape index (κ1) is 29.1.